The molecule has 2 rings (SSSR count). The van der Waals surface area contributed by atoms with E-state index < -0.39 is 4.92 Å². The highest BCUT2D eigenvalue weighted by Crippen LogP contribution is 2.12. The molecule has 1 heterocycles. The number of carbonyl (C=O) groups is 1. The monoisotopic (exact) mass is 315 g/mol. The molecule has 2 N–H and O–H groups in total. The van der Waals surface area contributed by atoms with E-state index in [1.165, 1.54) is 18.3 Å². The predicted molar refractivity (Wildman–Crippen MR) is 85.2 cm³/mol. The fourth-order valence-corrected chi connectivity index (χ4v) is 2.10. The average molecular weight is 315 g/mol. The number of carbonyl (C=O) groups excluding carboxylic acids is 1. The van der Waals surface area contributed by atoms with Crippen molar-refractivity contribution in [2.24, 2.45) is 5.10 Å². The minimum absolute atomic E-state index is 0.0111. The van der Waals surface area contributed by atoms with Crippen molar-refractivity contribution in [1.29, 1.82) is 0 Å². The van der Waals surface area contributed by atoms with Gasteiger partial charge in [0.05, 0.1) is 16.8 Å². The number of amides is 1. The number of hydrogen-bond donors (Lipinski definition) is 2. The molecule has 2 aromatic rings. The van der Waals surface area contributed by atoms with Crippen molar-refractivity contribution in [3.05, 3.63) is 56.9 Å². The van der Waals surface area contributed by atoms with Gasteiger partial charge in [0, 0.05) is 24.2 Å². The van der Waals surface area contributed by atoms with Crippen LogP contribution in [0.4, 0.5) is 5.69 Å². The number of rotatable bonds is 6. The number of hydrazone groups is 1. The van der Waals surface area contributed by atoms with Gasteiger partial charge in [0.1, 0.15) is 0 Å². The van der Waals surface area contributed by atoms with E-state index in [0.29, 0.717) is 18.4 Å². The van der Waals surface area contributed by atoms with E-state index in [9.17, 15) is 14.9 Å². The van der Waals surface area contributed by atoms with E-state index in [2.05, 4.69) is 20.7 Å². The van der Waals surface area contributed by atoms with Crippen LogP contribution in [-0.2, 0) is 11.2 Å². The molecule has 0 aliphatic heterocycles. The van der Waals surface area contributed by atoms with Gasteiger partial charge in [0.25, 0.3) is 5.69 Å². The predicted octanol–water partition coefficient (Wildman–Crippen LogP) is 2.02. The zero-order valence-electron chi connectivity index (χ0n) is 12.9. The van der Waals surface area contributed by atoms with Crippen molar-refractivity contribution in [2.75, 3.05) is 0 Å². The number of H-pyrrole nitrogens is 1. The second-order valence-electron chi connectivity index (χ2n) is 5.05. The number of benzene rings is 1. The summed E-state index contributed by atoms with van der Waals surface area (Å²) >= 11 is 0. The van der Waals surface area contributed by atoms with Gasteiger partial charge in [-0.05, 0) is 43.5 Å². The molecule has 120 valence electrons. The Labute approximate surface area is 132 Å². The fourth-order valence-electron chi connectivity index (χ4n) is 2.10. The number of non-ortho nitro benzene ring substituents is 1. The molecule has 0 saturated heterocycles. The molecule has 1 aromatic heterocycles. The van der Waals surface area contributed by atoms with Gasteiger partial charge in [0.15, 0.2) is 0 Å². The zero-order valence-corrected chi connectivity index (χ0v) is 12.9. The van der Waals surface area contributed by atoms with Crippen LogP contribution < -0.4 is 5.43 Å². The molecule has 0 aliphatic carbocycles. The van der Waals surface area contributed by atoms with Gasteiger partial charge in [-0.25, -0.2) is 5.43 Å². The summed E-state index contributed by atoms with van der Waals surface area (Å²) in [6.07, 6.45) is 2.34. The van der Waals surface area contributed by atoms with Crippen LogP contribution in [0.5, 0.6) is 0 Å². The molecule has 0 fully saturated rings. The molecule has 0 spiro atoms. The lowest BCUT2D eigenvalue weighted by Gasteiger charge is -2.01. The third kappa shape index (κ3) is 4.47. The van der Waals surface area contributed by atoms with E-state index in [1.807, 2.05) is 13.8 Å². The summed E-state index contributed by atoms with van der Waals surface area (Å²) in [5.41, 5.74) is 6.01. The number of nitro benzene ring substituents is 1. The molecule has 0 aliphatic rings. The first-order valence-corrected chi connectivity index (χ1v) is 7.04. The van der Waals surface area contributed by atoms with E-state index in [4.69, 9.17) is 0 Å². The Morgan fingerprint density at radius 1 is 1.39 bits per heavy atom. The molecule has 0 unspecified atom stereocenters. The van der Waals surface area contributed by atoms with Crippen molar-refractivity contribution in [3.63, 3.8) is 0 Å². The van der Waals surface area contributed by atoms with Crippen LogP contribution in [0.25, 0.3) is 0 Å². The molecule has 8 nitrogen and oxygen atoms in total. The Bertz CT molecular complexity index is 715. The van der Waals surface area contributed by atoms with Gasteiger partial charge in [-0.2, -0.15) is 10.2 Å². The largest absolute Gasteiger partial charge is 0.282 e. The quantitative estimate of drug-likeness (QED) is 0.482. The summed E-state index contributed by atoms with van der Waals surface area (Å²) in [6, 6.07) is 5.89. The second kappa shape index (κ2) is 7.30. The molecule has 1 aromatic carbocycles. The van der Waals surface area contributed by atoms with Gasteiger partial charge in [-0.1, -0.05) is 0 Å². The molecule has 23 heavy (non-hydrogen) atoms. The van der Waals surface area contributed by atoms with Gasteiger partial charge >= 0.3 is 0 Å². The summed E-state index contributed by atoms with van der Waals surface area (Å²) in [6.45, 7) is 3.81. The first-order valence-electron chi connectivity index (χ1n) is 7.04. The minimum Gasteiger partial charge on any atom is -0.282 e. The molecule has 1 amide bonds. The Hall–Kier alpha value is -3.03. The molecule has 0 atom stereocenters. The summed E-state index contributed by atoms with van der Waals surface area (Å²) in [5.74, 6) is -0.205. The van der Waals surface area contributed by atoms with Crippen LogP contribution in [-0.4, -0.2) is 27.2 Å². The highest BCUT2D eigenvalue weighted by Gasteiger charge is 2.08. The zero-order chi connectivity index (χ0) is 16.8. The van der Waals surface area contributed by atoms with Crippen LogP contribution in [0.1, 0.15) is 28.9 Å². The molecule has 0 bridgehead atoms. The number of aromatic amines is 1. The highest BCUT2D eigenvalue weighted by atomic mass is 16.6. The van der Waals surface area contributed by atoms with Gasteiger partial charge in [-0.15, -0.1) is 0 Å². The smallest absolute Gasteiger partial charge is 0.269 e. The number of aromatic nitrogens is 2. The van der Waals surface area contributed by atoms with E-state index in [-0.39, 0.29) is 11.6 Å². The SMILES string of the molecule is Cc1n[nH]c(C)c1CCC(=O)NN=Cc1ccc([N+](=O)[O-])cc1. The lowest BCUT2D eigenvalue weighted by atomic mass is 10.1. The number of nitrogens with one attached hydrogen (secondary N) is 2. The molecule has 8 heteroatoms. The van der Waals surface area contributed by atoms with Gasteiger partial charge in [0.2, 0.25) is 5.91 Å². The van der Waals surface area contributed by atoms with Gasteiger partial charge < -0.3 is 0 Å². The Kier molecular flexibility index (Phi) is 5.19. The third-order valence-electron chi connectivity index (χ3n) is 3.39. The Morgan fingerprint density at radius 3 is 2.65 bits per heavy atom. The van der Waals surface area contributed by atoms with Crippen LogP contribution in [0.15, 0.2) is 29.4 Å². The standard InChI is InChI=1S/C15H17N5O3/c1-10-14(11(2)18-17-10)7-8-15(21)19-16-9-12-3-5-13(6-4-12)20(22)23/h3-6,9H,7-8H2,1-2H3,(H,17,18)(H,19,21). The van der Waals surface area contributed by atoms with Crippen LogP contribution in [0, 0.1) is 24.0 Å². The second-order valence-corrected chi connectivity index (χ2v) is 5.05. The summed E-state index contributed by atoms with van der Waals surface area (Å²) in [4.78, 5) is 21.8. The number of aryl methyl sites for hydroxylation is 2. The maximum absolute atomic E-state index is 11.7. The number of nitro groups is 1. The fraction of sp³-hybridized carbons (Fsp3) is 0.267. The topological polar surface area (TPSA) is 113 Å². The van der Waals surface area contributed by atoms with Crippen molar-refractivity contribution in [3.8, 4) is 0 Å². The highest BCUT2D eigenvalue weighted by molar-refractivity contribution is 5.82. The van der Waals surface area contributed by atoms with Crippen molar-refractivity contribution in [2.45, 2.75) is 26.7 Å². The minimum atomic E-state index is -0.470. The van der Waals surface area contributed by atoms with Crippen molar-refractivity contribution < 1.29 is 9.72 Å². The molecule has 0 saturated carbocycles. The maximum Gasteiger partial charge on any atom is 0.269 e. The van der Waals surface area contributed by atoms with Crippen LogP contribution >= 0.6 is 0 Å². The van der Waals surface area contributed by atoms with E-state index in [0.717, 1.165) is 17.0 Å². The van der Waals surface area contributed by atoms with Crippen molar-refractivity contribution in [1.82, 2.24) is 15.6 Å². The average Bonchev–Trinajstić information content (AvgIpc) is 2.84. The number of nitrogens with zero attached hydrogens (tertiary/aromatic N) is 3. The molecular formula is C15H17N5O3. The lowest BCUT2D eigenvalue weighted by molar-refractivity contribution is -0.384. The van der Waals surface area contributed by atoms with Crippen molar-refractivity contribution >= 4 is 17.8 Å². The van der Waals surface area contributed by atoms with E-state index in [1.54, 1.807) is 12.1 Å². The Morgan fingerprint density at radius 2 is 2.09 bits per heavy atom. The lowest BCUT2D eigenvalue weighted by Crippen LogP contribution is -2.18. The Balaban J connectivity index is 1.83. The first-order chi connectivity index (χ1) is 11.0. The number of hydrogen-bond acceptors (Lipinski definition) is 5. The summed E-state index contributed by atoms with van der Waals surface area (Å²) in [5, 5.41) is 21.3. The third-order valence-corrected chi connectivity index (χ3v) is 3.39. The van der Waals surface area contributed by atoms with Crippen LogP contribution in [0.2, 0.25) is 0 Å². The molecular weight excluding hydrogens is 298 g/mol. The summed E-state index contributed by atoms with van der Waals surface area (Å²) < 4.78 is 0. The van der Waals surface area contributed by atoms with Crippen LogP contribution in [0.3, 0.4) is 0 Å². The summed E-state index contributed by atoms with van der Waals surface area (Å²) in [7, 11) is 0. The van der Waals surface area contributed by atoms with Gasteiger partial charge in [-0.3, -0.25) is 20.0 Å². The van der Waals surface area contributed by atoms with E-state index >= 15 is 0 Å². The molecule has 0 radical (unpaired) electrons. The maximum atomic E-state index is 11.7. The normalized spacial score (nSPS) is 10.9. The first kappa shape index (κ1) is 16.3.